The first-order valence-corrected chi connectivity index (χ1v) is 10.9. The van der Waals surface area contributed by atoms with Gasteiger partial charge in [0.05, 0.1) is 14.2 Å². The SMILES string of the molecule is COc1ccc(OC)c(S(=O)(=O)N2CCC(C(=O)N3CCCCC3)CC2)c1. The molecular formula is C19H28N2O5S. The van der Waals surface area contributed by atoms with Crippen molar-refractivity contribution >= 4 is 15.9 Å². The third-order valence-electron chi connectivity index (χ3n) is 5.46. The second-order valence-electron chi connectivity index (χ2n) is 7.08. The fraction of sp³-hybridized carbons (Fsp3) is 0.632. The molecule has 2 aliphatic heterocycles. The molecule has 2 heterocycles. The number of likely N-dealkylation sites (tertiary alicyclic amines) is 1. The molecule has 1 aromatic carbocycles. The normalized spacial score (nSPS) is 19.7. The van der Waals surface area contributed by atoms with E-state index in [-0.39, 0.29) is 16.7 Å². The van der Waals surface area contributed by atoms with Gasteiger partial charge in [0.2, 0.25) is 15.9 Å². The number of amides is 1. The van der Waals surface area contributed by atoms with Crippen molar-refractivity contribution in [3.8, 4) is 11.5 Å². The van der Waals surface area contributed by atoms with Crippen LogP contribution in [0.25, 0.3) is 0 Å². The highest BCUT2D eigenvalue weighted by Gasteiger charge is 2.35. The van der Waals surface area contributed by atoms with Crippen molar-refractivity contribution in [2.75, 3.05) is 40.4 Å². The molecule has 0 atom stereocenters. The Balaban J connectivity index is 1.70. The van der Waals surface area contributed by atoms with Gasteiger partial charge in [0.25, 0.3) is 0 Å². The lowest BCUT2D eigenvalue weighted by atomic mass is 9.95. The molecule has 1 amide bonds. The van der Waals surface area contributed by atoms with Crippen LogP contribution in [0.2, 0.25) is 0 Å². The topological polar surface area (TPSA) is 76.1 Å². The Morgan fingerprint density at radius 3 is 2.26 bits per heavy atom. The van der Waals surface area contributed by atoms with E-state index in [4.69, 9.17) is 9.47 Å². The lowest BCUT2D eigenvalue weighted by Crippen LogP contribution is -2.45. The summed E-state index contributed by atoms with van der Waals surface area (Å²) >= 11 is 0. The van der Waals surface area contributed by atoms with Crippen LogP contribution in [0.15, 0.2) is 23.1 Å². The summed E-state index contributed by atoms with van der Waals surface area (Å²) in [4.78, 5) is 14.7. The summed E-state index contributed by atoms with van der Waals surface area (Å²) in [5.41, 5.74) is 0. The Morgan fingerprint density at radius 1 is 1.00 bits per heavy atom. The third kappa shape index (κ3) is 4.21. The van der Waals surface area contributed by atoms with Gasteiger partial charge < -0.3 is 14.4 Å². The minimum atomic E-state index is -3.71. The molecule has 1 aromatic rings. The van der Waals surface area contributed by atoms with Crippen molar-refractivity contribution in [1.29, 1.82) is 0 Å². The molecule has 3 rings (SSSR count). The van der Waals surface area contributed by atoms with Gasteiger partial charge >= 0.3 is 0 Å². The first kappa shape index (κ1) is 19.9. The molecule has 0 aliphatic carbocycles. The summed E-state index contributed by atoms with van der Waals surface area (Å²) in [6, 6.07) is 4.75. The zero-order valence-corrected chi connectivity index (χ0v) is 16.8. The Bertz CT molecular complexity index is 766. The standard InChI is InChI=1S/C19H28N2O5S/c1-25-16-6-7-17(26-2)18(14-16)27(23,24)21-12-8-15(9-13-21)19(22)20-10-4-3-5-11-20/h6-7,14-15H,3-5,8-13H2,1-2H3. The number of carbonyl (C=O) groups excluding carboxylic acids is 1. The Hall–Kier alpha value is -1.80. The van der Waals surface area contributed by atoms with E-state index in [0.717, 1.165) is 25.9 Å². The molecule has 150 valence electrons. The predicted octanol–water partition coefficient (Wildman–Crippen LogP) is 2.12. The van der Waals surface area contributed by atoms with Gasteiger partial charge in [-0.1, -0.05) is 0 Å². The van der Waals surface area contributed by atoms with Gasteiger partial charge in [0.1, 0.15) is 16.4 Å². The first-order chi connectivity index (χ1) is 13.0. The average molecular weight is 397 g/mol. The third-order valence-corrected chi connectivity index (χ3v) is 7.38. The molecule has 0 unspecified atom stereocenters. The van der Waals surface area contributed by atoms with E-state index in [1.807, 2.05) is 4.90 Å². The summed E-state index contributed by atoms with van der Waals surface area (Å²) in [7, 11) is -0.763. The number of ether oxygens (including phenoxy) is 2. The Morgan fingerprint density at radius 2 is 1.67 bits per heavy atom. The maximum atomic E-state index is 13.1. The second kappa shape index (κ2) is 8.48. The molecule has 0 saturated carbocycles. The zero-order chi connectivity index (χ0) is 19.4. The van der Waals surface area contributed by atoms with Gasteiger partial charge in [-0.2, -0.15) is 4.31 Å². The van der Waals surface area contributed by atoms with Crippen molar-refractivity contribution in [2.24, 2.45) is 5.92 Å². The molecule has 2 saturated heterocycles. The van der Waals surface area contributed by atoms with Crippen LogP contribution in [-0.4, -0.2) is 63.9 Å². The van der Waals surface area contributed by atoms with Gasteiger partial charge in [-0.15, -0.1) is 0 Å². The van der Waals surface area contributed by atoms with Crippen molar-refractivity contribution in [1.82, 2.24) is 9.21 Å². The molecule has 0 spiro atoms. The average Bonchev–Trinajstić information content (AvgIpc) is 2.73. The van der Waals surface area contributed by atoms with Crippen molar-refractivity contribution < 1.29 is 22.7 Å². The van der Waals surface area contributed by atoms with Crippen LogP contribution in [-0.2, 0) is 14.8 Å². The van der Waals surface area contributed by atoms with E-state index < -0.39 is 10.0 Å². The highest BCUT2D eigenvalue weighted by atomic mass is 32.2. The monoisotopic (exact) mass is 396 g/mol. The number of rotatable bonds is 5. The van der Waals surface area contributed by atoms with Crippen LogP contribution in [0.1, 0.15) is 32.1 Å². The minimum Gasteiger partial charge on any atom is -0.497 e. The number of hydrogen-bond donors (Lipinski definition) is 0. The van der Waals surface area contributed by atoms with Gasteiger partial charge in [-0.25, -0.2) is 8.42 Å². The molecule has 7 nitrogen and oxygen atoms in total. The van der Waals surface area contributed by atoms with E-state index in [2.05, 4.69) is 0 Å². The van der Waals surface area contributed by atoms with Gasteiger partial charge in [0.15, 0.2) is 0 Å². The number of hydrogen-bond acceptors (Lipinski definition) is 5. The van der Waals surface area contributed by atoms with Crippen LogP contribution >= 0.6 is 0 Å². The number of nitrogens with zero attached hydrogens (tertiary/aromatic N) is 2. The number of benzene rings is 1. The summed E-state index contributed by atoms with van der Waals surface area (Å²) in [5, 5.41) is 0. The number of carbonyl (C=O) groups is 1. The van der Waals surface area contributed by atoms with Gasteiger partial charge in [0, 0.05) is 38.2 Å². The molecule has 27 heavy (non-hydrogen) atoms. The fourth-order valence-electron chi connectivity index (χ4n) is 3.84. The van der Waals surface area contributed by atoms with Crippen LogP contribution in [0.3, 0.4) is 0 Å². The van der Waals surface area contributed by atoms with Gasteiger partial charge in [-0.3, -0.25) is 4.79 Å². The minimum absolute atomic E-state index is 0.0817. The van der Waals surface area contributed by atoms with Gasteiger partial charge in [-0.05, 0) is 44.2 Å². The fourth-order valence-corrected chi connectivity index (χ4v) is 5.48. The van der Waals surface area contributed by atoms with E-state index in [0.29, 0.717) is 37.4 Å². The van der Waals surface area contributed by atoms with Crippen molar-refractivity contribution in [3.63, 3.8) is 0 Å². The molecule has 8 heteroatoms. The van der Waals surface area contributed by atoms with Crippen LogP contribution in [0.5, 0.6) is 11.5 Å². The number of methoxy groups -OCH3 is 2. The lowest BCUT2D eigenvalue weighted by molar-refractivity contribution is -0.137. The van der Waals surface area contributed by atoms with Crippen molar-refractivity contribution in [3.05, 3.63) is 18.2 Å². The molecule has 0 radical (unpaired) electrons. The van der Waals surface area contributed by atoms with E-state index in [1.54, 1.807) is 12.1 Å². The van der Waals surface area contributed by atoms with Crippen LogP contribution < -0.4 is 9.47 Å². The van der Waals surface area contributed by atoms with E-state index in [9.17, 15) is 13.2 Å². The smallest absolute Gasteiger partial charge is 0.246 e. The van der Waals surface area contributed by atoms with Crippen LogP contribution in [0.4, 0.5) is 0 Å². The zero-order valence-electron chi connectivity index (χ0n) is 16.0. The molecular weight excluding hydrogens is 368 g/mol. The molecule has 0 N–H and O–H groups in total. The quantitative estimate of drug-likeness (QED) is 0.762. The molecule has 2 fully saturated rings. The first-order valence-electron chi connectivity index (χ1n) is 9.48. The highest BCUT2D eigenvalue weighted by molar-refractivity contribution is 7.89. The Labute approximate surface area is 161 Å². The van der Waals surface area contributed by atoms with E-state index >= 15 is 0 Å². The summed E-state index contributed by atoms with van der Waals surface area (Å²) in [6.07, 6.45) is 4.42. The van der Waals surface area contributed by atoms with E-state index in [1.165, 1.54) is 31.0 Å². The number of piperidine rings is 2. The summed E-state index contributed by atoms with van der Waals surface area (Å²) in [5.74, 6) is 0.860. The summed E-state index contributed by atoms with van der Waals surface area (Å²) in [6.45, 7) is 2.34. The Kier molecular flexibility index (Phi) is 6.26. The maximum absolute atomic E-state index is 13.1. The molecule has 0 bridgehead atoms. The maximum Gasteiger partial charge on any atom is 0.246 e. The molecule has 2 aliphatic rings. The predicted molar refractivity (Wildman–Crippen MR) is 101 cm³/mol. The van der Waals surface area contributed by atoms with Crippen molar-refractivity contribution in [2.45, 2.75) is 37.0 Å². The highest BCUT2D eigenvalue weighted by Crippen LogP contribution is 2.33. The lowest BCUT2D eigenvalue weighted by Gasteiger charge is -2.35. The number of sulfonamides is 1. The summed E-state index contributed by atoms with van der Waals surface area (Å²) < 4.78 is 38.1. The van der Waals surface area contributed by atoms with Crippen LogP contribution in [0, 0.1) is 5.92 Å². The largest absolute Gasteiger partial charge is 0.497 e. The molecule has 0 aromatic heterocycles. The second-order valence-corrected chi connectivity index (χ2v) is 8.99.